The first kappa shape index (κ1) is 18.8. The molecule has 0 heterocycles. The van der Waals surface area contributed by atoms with Gasteiger partial charge in [0.15, 0.2) is 6.61 Å². The summed E-state index contributed by atoms with van der Waals surface area (Å²) < 4.78 is 5.45. The largest absolute Gasteiger partial charge is 0.484 e. The van der Waals surface area contributed by atoms with Crippen molar-refractivity contribution in [2.75, 3.05) is 11.9 Å². The van der Waals surface area contributed by atoms with Crippen molar-refractivity contribution in [1.29, 1.82) is 0 Å². The first-order valence-corrected chi connectivity index (χ1v) is 8.10. The molecule has 2 aromatic rings. The van der Waals surface area contributed by atoms with E-state index in [0.29, 0.717) is 5.75 Å². The Morgan fingerprint density at radius 3 is 2.32 bits per heavy atom. The van der Waals surface area contributed by atoms with E-state index in [-0.39, 0.29) is 28.3 Å². The van der Waals surface area contributed by atoms with Crippen LogP contribution in [-0.2, 0) is 10.2 Å². The molecule has 6 heteroatoms. The Morgan fingerprint density at radius 1 is 1.12 bits per heavy atom. The summed E-state index contributed by atoms with van der Waals surface area (Å²) in [5.74, 6) is -1.06. The summed E-state index contributed by atoms with van der Waals surface area (Å²) in [5.41, 5.74) is 1.30. The van der Waals surface area contributed by atoms with Gasteiger partial charge >= 0.3 is 5.97 Å². The Balaban J connectivity index is 1.99. The lowest BCUT2D eigenvalue weighted by atomic mass is 9.87. The zero-order valence-corrected chi connectivity index (χ0v) is 15.1. The smallest absolute Gasteiger partial charge is 0.337 e. The molecule has 0 unspecified atom stereocenters. The average molecular weight is 362 g/mol. The van der Waals surface area contributed by atoms with Gasteiger partial charge in [-0.25, -0.2) is 4.79 Å². The van der Waals surface area contributed by atoms with Crippen LogP contribution in [0.25, 0.3) is 0 Å². The van der Waals surface area contributed by atoms with Gasteiger partial charge in [-0.1, -0.05) is 44.5 Å². The molecule has 0 bridgehead atoms. The maximum Gasteiger partial charge on any atom is 0.337 e. The van der Waals surface area contributed by atoms with E-state index < -0.39 is 11.9 Å². The number of carbonyl (C=O) groups is 2. The molecule has 5 nitrogen and oxygen atoms in total. The summed E-state index contributed by atoms with van der Waals surface area (Å²) in [6.45, 7) is 6.12. The SMILES string of the molecule is CC(C)(C)c1ccc(OCC(=O)Nc2ccc(Cl)cc2C(=O)O)cc1. The van der Waals surface area contributed by atoms with Gasteiger partial charge in [-0.05, 0) is 41.3 Å². The van der Waals surface area contributed by atoms with Crippen LogP contribution < -0.4 is 10.1 Å². The number of carboxylic acids is 1. The molecule has 0 fully saturated rings. The van der Waals surface area contributed by atoms with Gasteiger partial charge in [0.05, 0.1) is 11.3 Å². The van der Waals surface area contributed by atoms with E-state index in [1.54, 1.807) is 12.1 Å². The molecule has 0 radical (unpaired) electrons. The molecule has 2 aromatic carbocycles. The number of hydrogen-bond acceptors (Lipinski definition) is 3. The normalized spacial score (nSPS) is 11.0. The zero-order valence-electron chi connectivity index (χ0n) is 14.3. The third kappa shape index (κ3) is 5.22. The van der Waals surface area contributed by atoms with E-state index in [1.807, 2.05) is 12.1 Å². The standard InChI is InChI=1S/C19H20ClNO4/c1-19(2,3)12-4-7-14(8-5-12)25-11-17(22)21-16-9-6-13(20)10-15(16)18(23)24/h4-10H,11H2,1-3H3,(H,21,22)(H,23,24). The highest BCUT2D eigenvalue weighted by Gasteiger charge is 2.15. The van der Waals surface area contributed by atoms with Gasteiger partial charge in [0.25, 0.3) is 5.91 Å². The highest BCUT2D eigenvalue weighted by Crippen LogP contribution is 2.24. The molecular formula is C19H20ClNO4. The molecule has 2 rings (SSSR count). The molecule has 0 aliphatic heterocycles. The van der Waals surface area contributed by atoms with Crippen LogP contribution in [0.2, 0.25) is 5.02 Å². The van der Waals surface area contributed by atoms with Gasteiger partial charge in [-0.15, -0.1) is 0 Å². The monoisotopic (exact) mass is 361 g/mol. The van der Waals surface area contributed by atoms with Crippen molar-refractivity contribution in [3.05, 3.63) is 58.6 Å². The fraction of sp³-hybridized carbons (Fsp3) is 0.263. The molecule has 0 atom stereocenters. The van der Waals surface area contributed by atoms with Crippen molar-refractivity contribution in [3.8, 4) is 5.75 Å². The molecule has 2 N–H and O–H groups in total. The van der Waals surface area contributed by atoms with E-state index in [1.165, 1.54) is 18.2 Å². The van der Waals surface area contributed by atoms with Crippen molar-refractivity contribution in [1.82, 2.24) is 0 Å². The molecule has 1 amide bonds. The summed E-state index contributed by atoms with van der Waals surface area (Å²) in [6.07, 6.45) is 0. The first-order chi connectivity index (χ1) is 11.7. The molecule has 0 aromatic heterocycles. The lowest BCUT2D eigenvalue weighted by Crippen LogP contribution is -2.21. The van der Waals surface area contributed by atoms with E-state index in [2.05, 4.69) is 26.1 Å². The topological polar surface area (TPSA) is 75.6 Å². The second kappa shape index (κ2) is 7.57. The van der Waals surface area contributed by atoms with Gasteiger partial charge in [0.2, 0.25) is 0 Å². The van der Waals surface area contributed by atoms with Crippen LogP contribution in [0, 0.1) is 0 Å². The third-order valence-corrected chi connectivity index (χ3v) is 3.81. The predicted molar refractivity (Wildman–Crippen MR) is 97.7 cm³/mol. The molecule has 0 aliphatic rings. The van der Waals surface area contributed by atoms with Crippen LogP contribution >= 0.6 is 11.6 Å². The number of nitrogens with one attached hydrogen (secondary N) is 1. The van der Waals surface area contributed by atoms with Crippen molar-refractivity contribution < 1.29 is 19.4 Å². The number of ether oxygens (including phenoxy) is 1. The Morgan fingerprint density at radius 2 is 1.76 bits per heavy atom. The summed E-state index contributed by atoms with van der Waals surface area (Å²) in [7, 11) is 0. The molecule has 0 spiro atoms. The average Bonchev–Trinajstić information content (AvgIpc) is 2.54. The summed E-state index contributed by atoms with van der Waals surface area (Å²) in [4.78, 5) is 23.2. The highest BCUT2D eigenvalue weighted by molar-refractivity contribution is 6.31. The number of carboxylic acid groups (broad SMARTS) is 1. The number of carbonyl (C=O) groups excluding carboxylic acids is 1. The van der Waals surface area contributed by atoms with Crippen molar-refractivity contribution in [2.24, 2.45) is 0 Å². The maximum atomic E-state index is 12.0. The summed E-state index contributed by atoms with van der Waals surface area (Å²) >= 11 is 5.78. The minimum atomic E-state index is -1.17. The van der Waals surface area contributed by atoms with Crippen molar-refractivity contribution >= 4 is 29.2 Å². The second-order valence-corrected chi connectivity index (χ2v) is 7.04. The van der Waals surface area contributed by atoms with Gasteiger partial charge < -0.3 is 15.2 Å². The van der Waals surface area contributed by atoms with Crippen molar-refractivity contribution in [2.45, 2.75) is 26.2 Å². The highest BCUT2D eigenvalue weighted by atomic mass is 35.5. The van der Waals surface area contributed by atoms with Crippen LogP contribution in [0.5, 0.6) is 5.75 Å². The Bertz CT molecular complexity index is 779. The van der Waals surface area contributed by atoms with E-state index in [9.17, 15) is 9.59 Å². The van der Waals surface area contributed by atoms with Crippen LogP contribution in [0.1, 0.15) is 36.7 Å². The molecule has 0 aliphatic carbocycles. The minimum absolute atomic E-state index is 0.0394. The second-order valence-electron chi connectivity index (χ2n) is 6.61. The van der Waals surface area contributed by atoms with Crippen molar-refractivity contribution in [3.63, 3.8) is 0 Å². The number of hydrogen-bond donors (Lipinski definition) is 2. The molecule has 0 saturated carbocycles. The molecule has 132 valence electrons. The van der Waals surface area contributed by atoms with Crippen LogP contribution in [0.4, 0.5) is 5.69 Å². The first-order valence-electron chi connectivity index (χ1n) is 7.73. The lowest BCUT2D eigenvalue weighted by Gasteiger charge is -2.19. The van der Waals surface area contributed by atoms with Crippen LogP contribution in [-0.4, -0.2) is 23.6 Å². The van der Waals surface area contributed by atoms with Gasteiger partial charge in [-0.2, -0.15) is 0 Å². The van der Waals surface area contributed by atoms with Crippen LogP contribution in [0.3, 0.4) is 0 Å². The Kier molecular flexibility index (Phi) is 5.69. The number of rotatable bonds is 5. The molecule has 25 heavy (non-hydrogen) atoms. The third-order valence-electron chi connectivity index (χ3n) is 3.58. The quantitative estimate of drug-likeness (QED) is 0.829. The van der Waals surface area contributed by atoms with E-state index >= 15 is 0 Å². The zero-order chi connectivity index (χ0) is 18.6. The predicted octanol–water partition coefficient (Wildman–Crippen LogP) is 4.35. The van der Waals surface area contributed by atoms with E-state index in [0.717, 1.165) is 5.56 Å². The van der Waals surface area contributed by atoms with Crippen LogP contribution in [0.15, 0.2) is 42.5 Å². The number of halogens is 1. The number of aromatic carboxylic acids is 1. The lowest BCUT2D eigenvalue weighted by molar-refractivity contribution is -0.118. The number of anilines is 1. The minimum Gasteiger partial charge on any atom is -0.484 e. The molecular weight excluding hydrogens is 342 g/mol. The maximum absolute atomic E-state index is 12.0. The van der Waals surface area contributed by atoms with Gasteiger partial charge in [0, 0.05) is 5.02 Å². The summed E-state index contributed by atoms with van der Waals surface area (Å²) in [5, 5.41) is 12.0. The fourth-order valence-electron chi connectivity index (χ4n) is 2.19. The fourth-order valence-corrected chi connectivity index (χ4v) is 2.36. The summed E-state index contributed by atoms with van der Waals surface area (Å²) in [6, 6.07) is 11.8. The van der Waals surface area contributed by atoms with Gasteiger partial charge in [-0.3, -0.25) is 4.79 Å². The van der Waals surface area contributed by atoms with E-state index in [4.69, 9.17) is 21.4 Å². The Hall–Kier alpha value is -2.53. The van der Waals surface area contributed by atoms with Gasteiger partial charge in [0.1, 0.15) is 5.75 Å². The Labute approximate surface area is 151 Å². The molecule has 0 saturated heterocycles. The number of amides is 1. The number of benzene rings is 2.